The maximum absolute atomic E-state index is 12.8. The van der Waals surface area contributed by atoms with Crippen LogP contribution in [0.25, 0.3) is 0 Å². The van der Waals surface area contributed by atoms with Gasteiger partial charge >= 0.3 is 0 Å². The largest absolute Gasteiger partial charge is 0.339 e. The van der Waals surface area contributed by atoms with Crippen molar-refractivity contribution in [3.8, 4) is 0 Å². The van der Waals surface area contributed by atoms with Crippen LogP contribution in [-0.4, -0.2) is 29.9 Å². The highest BCUT2D eigenvalue weighted by Crippen LogP contribution is 2.25. The smallest absolute Gasteiger partial charge is 0.244 e. The molecule has 0 aliphatic carbocycles. The summed E-state index contributed by atoms with van der Waals surface area (Å²) in [4.78, 5) is 14.7. The van der Waals surface area contributed by atoms with Gasteiger partial charge in [0.1, 0.15) is 6.04 Å². The minimum atomic E-state index is -0.168. The average molecular weight is 260 g/mol. The van der Waals surface area contributed by atoms with Gasteiger partial charge in [0.05, 0.1) is 0 Å². The lowest BCUT2D eigenvalue weighted by Gasteiger charge is -2.33. The van der Waals surface area contributed by atoms with E-state index < -0.39 is 0 Å². The van der Waals surface area contributed by atoms with E-state index in [1.54, 1.807) is 0 Å². The van der Waals surface area contributed by atoms with Crippen LogP contribution in [0.2, 0.25) is 0 Å². The third-order valence-corrected chi connectivity index (χ3v) is 3.73. The van der Waals surface area contributed by atoms with E-state index in [0.29, 0.717) is 0 Å². The van der Waals surface area contributed by atoms with Crippen LogP contribution in [0.1, 0.15) is 44.4 Å². The Morgan fingerprint density at radius 2 is 2.16 bits per heavy atom. The molecule has 0 fully saturated rings. The number of fused-ring (bicyclic) bond motifs is 1. The van der Waals surface area contributed by atoms with Gasteiger partial charge in [0.25, 0.3) is 0 Å². The number of hydrogen-bond acceptors (Lipinski definition) is 2. The predicted octanol–water partition coefficient (Wildman–Crippen LogP) is 2.52. The van der Waals surface area contributed by atoms with Gasteiger partial charge in [-0.15, -0.1) is 0 Å². The maximum atomic E-state index is 12.8. The number of carbonyl (C=O) groups excluding carboxylic acids is 1. The van der Waals surface area contributed by atoms with E-state index >= 15 is 0 Å². The van der Waals surface area contributed by atoms with Crippen LogP contribution in [0.4, 0.5) is 0 Å². The van der Waals surface area contributed by atoms with E-state index in [-0.39, 0.29) is 18.0 Å². The standard InChI is InChI=1S/C16H24N2O/c1-4-11-18(12(2)3)16(19)15-14-8-6-5-7-13(14)9-10-17-15/h5-8,12,15,17H,4,9-11H2,1-3H3. The van der Waals surface area contributed by atoms with Crippen LogP contribution >= 0.6 is 0 Å². The molecule has 2 rings (SSSR count). The zero-order valence-electron chi connectivity index (χ0n) is 12.1. The highest BCUT2D eigenvalue weighted by molar-refractivity contribution is 5.84. The van der Waals surface area contributed by atoms with Crippen molar-refractivity contribution in [1.29, 1.82) is 0 Å². The van der Waals surface area contributed by atoms with Gasteiger partial charge in [-0.2, -0.15) is 0 Å². The summed E-state index contributed by atoms with van der Waals surface area (Å²) in [6, 6.07) is 8.37. The van der Waals surface area contributed by atoms with E-state index in [9.17, 15) is 4.79 Å². The number of nitrogens with one attached hydrogen (secondary N) is 1. The number of amides is 1. The Bertz CT molecular complexity index is 442. The number of nitrogens with zero attached hydrogens (tertiary/aromatic N) is 1. The molecule has 1 atom stereocenters. The van der Waals surface area contributed by atoms with Crippen molar-refractivity contribution >= 4 is 5.91 Å². The molecule has 1 N–H and O–H groups in total. The second kappa shape index (κ2) is 6.20. The minimum Gasteiger partial charge on any atom is -0.339 e. The molecule has 0 aromatic heterocycles. The van der Waals surface area contributed by atoms with Crippen molar-refractivity contribution < 1.29 is 4.79 Å². The monoisotopic (exact) mass is 260 g/mol. The molecule has 0 saturated heterocycles. The van der Waals surface area contributed by atoms with Crippen LogP contribution in [0.15, 0.2) is 24.3 Å². The van der Waals surface area contributed by atoms with Gasteiger partial charge in [-0.1, -0.05) is 31.2 Å². The summed E-state index contributed by atoms with van der Waals surface area (Å²) in [7, 11) is 0. The molecule has 1 aromatic carbocycles. The highest BCUT2D eigenvalue weighted by Gasteiger charge is 2.30. The summed E-state index contributed by atoms with van der Waals surface area (Å²) in [6.07, 6.45) is 2.01. The molecule has 0 bridgehead atoms. The molecule has 1 aliphatic heterocycles. The Kier molecular flexibility index (Phi) is 4.59. The Morgan fingerprint density at radius 3 is 2.84 bits per heavy atom. The molecule has 3 heteroatoms. The summed E-state index contributed by atoms with van der Waals surface area (Å²) in [5.41, 5.74) is 2.46. The molecule has 104 valence electrons. The van der Waals surface area contributed by atoms with Gasteiger partial charge in [-0.05, 0) is 37.8 Å². The summed E-state index contributed by atoms with van der Waals surface area (Å²) < 4.78 is 0. The van der Waals surface area contributed by atoms with Gasteiger partial charge in [0.2, 0.25) is 5.91 Å². The van der Waals surface area contributed by atoms with E-state index in [4.69, 9.17) is 0 Å². The molecule has 0 spiro atoms. The van der Waals surface area contributed by atoms with Gasteiger partial charge in [-0.25, -0.2) is 0 Å². The van der Waals surface area contributed by atoms with E-state index in [1.807, 2.05) is 11.0 Å². The molecule has 1 amide bonds. The summed E-state index contributed by atoms with van der Waals surface area (Å²) >= 11 is 0. The number of hydrogen-bond donors (Lipinski definition) is 1. The van der Waals surface area contributed by atoms with Crippen molar-refractivity contribution in [3.63, 3.8) is 0 Å². The normalized spacial score (nSPS) is 18.2. The van der Waals surface area contributed by atoms with Crippen LogP contribution in [0.5, 0.6) is 0 Å². The summed E-state index contributed by atoms with van der Waals surface area (Å²) in [5, 5.41) is 3.38. The number of rotatable bonds is 4. The van der Waals surface area contributed by atoms with Crippen LogP contribution < -0.4 is 5.32 Å². The Hall–Kier alpha value is -1.35. The van der Waals surface area contributed by atoms with Gasteiger partial charge in [-0.3, -0.25) is 4.79 Å². The van der Waals surface area contributed by atoms with Crippen LogP contribution in [-0.2, 0) is 11.2 Å². The van der Waals surface area contributed by atoms with Crippen LogP contribution in [0, 0.1) is 0 Å². The summed E-state index contributed by atoms with van der Waals surface area (Å²) in [6.45, 7) is 8.00. The molecule has 19 heavy (non-hydrogen) atoms. The topological polar surface area (TPSA) is 32.3 Å². The lowest BCUT2D eigenvalue weighted by molar-refractivity contribution is -0.135. The van der Waals surface area contributed by atoms with Crippen LogP contribution in [0.3, 0.4) is 0 Å². The zero-order valence-corrected chi connectivity index (χ0v) is 12.1. The Morgan fingerprint density at radius 1 is 1.42 bits per heavy atom. The molecular formula is C16H24N2O. The second-order valence-electron chi connectivity index (χ2n) is 5.46. The Labute approximate surface area is 116 Å². The van der Waals surface area contributed by atoms with Gasteiger partial charge in [0.15, 0.2) is 0 Å². The summed E-state index contributed by atoms with van der Waals surface area (Å²) in [5.74, 6) is 0.212. The van der Waals surface area contributed by atoms with E-state index in [2.05, 4.69) is 44.3 Å². The fraction of sp³-hybridized carbons (Fsp3) is 0.562. The SMILES string of the molecule is CCCN(C(=O)C1NCCc2ccccc21)C(C)C. The zero-order chi connectivity index (χ0) is 13.8. The molecule has 0 radical (unpaired) electrons. The lowest BCUT2D eigenvalue weighted by Crippen LogP contribution is -2.46. The molecule has 0 saturated carbocycles. The first kappa shape index (κ1) is 14.1. The third-order valence-electron chi connectivity index (χ3n) is 3.73. The first-order chi connectivity index (χ1) is 9.15. The average Bonchev–Trinajstić information content (AvgIpc) is 2.43. The molecule has 1 heterocycles. The highest BCUT2D eigenvalue weighted by atomic mass is 16.2. The van der Waals surface area contributed by atoms with Crippen molar-refractivity contribution in [3.05, 3.63) is 35.4 Å². The Balaban J connectivity index is 2.24. The van der Waals surface area contributed by atoms with E-state index in [1.165, 1.54) is 5.56 Å². The first-order valence-electron chi connectivity index (χ1n) is 7.26. The van der Waals surface area contributed by atoms with Crippen molar-refractivity contribution in [2.24, 2.45) is 0 Å². The fourth-order valence-electron chi connectivity index (χ4n) is 2.75. The first-order valence-corrected chi connectivity index (χ1v) is 7.26. The second-order valence-corrected chi connectivity index (χ2v) is 5.46. The minimum absolute atomic E-state index is 0.168. The van der Waals surface area contributed by atoms with Gasteiger partial charge in [0, 0.05) is 19.1 Å². The lowest BCUT2D eigenvalue weighted by atomic mass is 9.93. The molecule has 3 nitrogen and oxygen atoms in total. The third kappa shape index (κ3) is 2.98. The molecular weight excluding hydrogens is 236 g/mol. The van der Waals surface area contributed by atoms with Gasteiger partial charge < -0.3 is 10.2 Å². The maximum Gasteiger partial charge on any atom is 0.244 e. The van der Waals surface area contributed by atoms with Crippen molar-refractivity contribution in [2.45, 2.75) is 45.7 Å². The number of carbonyl (C=O) groups is 1. The van der Waals surface area contributed by atoms with E-state index in [0.717, 1.165) is 31.5 Å². The van der Waals surface area contributed by atoms with Crippen molar-refractivity contribution in [2.75, 3.05) is 13.1 Å². The molecule has 1 aromatic rings. The number of benzene rings is 1. The molecule has 1 unspecified atom stereocenters. The molecule has 1 aliphatic rings. The predicted molar refractivity (Wildman–Crippen MR) is 78.0 cm³/mol. The fourth-order valence-corrected chi connectivity index (χ4v) is 2.75. The van der Waals surface area contributed by atoms with Crippen molar-refractivity contribution in [1.82, 2.24) is 10.2 Å². The quantitative estimate of drug-likeness (QED) is 0.902.